The van der Waals surface area contributed by atoms with E-state index < -0.39 is 33.7 Å². The molecule has 0 aromatic heterocycles. The van der Waals surface area contributed by atoms with Gasteiger partial charge in [-0.15, -0.1) is 0 Å². The fourth-order valence-electron chi connectivity index (χ4n) is 4.74. The number of carbonyl (C=O) groups excluding carboxylic acids is 4. The topological polar surface area (TPSA) is 179 Å². The Kier molecular flexibility index (Phi) is 11.2. The van der Waals surface area contributed by atoms with Crippen LogP contribution < -0.4 is 5.32 Å². The normalized spacial score (nSPS) is 15.4. The highest BCUT2D eigenvalue weighted by Gasteiger charge is 2.29. The second-order valence-electron chi connectivity index (χ2n) is 10.4. The average molecular weight is 639 g/mol. The number of nitro groups is 2. The van der Waals surface area contributed by atoms with Gasteiger partial charge < -0.3 is 15.0 Å². The van der Waals surface area contributed by atoms with Crippen LogP contribution in [0.3, 0.4) is 0 Å². The Balaban J connectivity index is 1.57. The molecule has 3 aromatic rings. The number of Topliss-reactive ketones (excluding diaryl/α,β-unsaturated/α-hetero) is 1. The molecule has 2 amide bonds. The predicted molar refractivity (Wildman–Crippen MR) is 172 cm³/mol. The second-order valence-corrected chi connectivity index (χ2v) is 10.4. The highest BCUT2D eigenvalue weighted by Crippen LogP contribution is 2.24. The lowest BCUT2D eigenvalue weighted by atomic mass is 9.94. The van der Waals surface area contributed by atoms with Crippen LogP contribution in [0, 0.1) is 20.2 Å². The number of hydrogen-bond donors (Lipinski definition) is 1. The number of amides is 2. The number of nitro benzene ring substituents is 2. The van der Waals surface area contributed by atoms with Crippen LogP contribution in [0.2, 0.25) is 0 Å². The highest BCUT2D eigenvalue weighted by atomic mass is 16.6. The van der Waals surface area contributed by atoms with Gasteiger partial charge in [0.2, 0.25) is 11.8 Å². The summed E-state index contributed by atoms with van der Waals surface area (Å²) in [7, 11) is 0. The fourth-order valence-corrected chi connectivity index (χ4v) is 4.74. The van der Waals surface area contributed by atoms with Crippen molar-refractivity contribution in [2.45, 2.75) is 19.4 Å². The summed E-state index contributed by atoms with van der Waals surface area (Å²) in [5.41, 5.74) is 1.92. The van der Waals surface area contributed by atoms with E-state index in [4.69, 9.17) is 4.74 Å². The van der Waals surface area contributed by atoms with Crippen molar-refractivity contribution in [3.05, 3.63) is 139 Å². The molecular weight excluding hydrogens is 608 g/mol. The van der Waals surface area contributed by atoms with Gasteiger partial charge in [0, 0.05) is 54.0 Å². The van der Waals surface area contributed by atoms with E-state index in [0.717, 1.165) is 17.7 Å². The molecule has 0 unspecified atom stereocenters. The Morgan fingerprint density at radius 2 is 1.34 bits per heavy atom. The highest BCUT2D eigenvalue weighted by molar-refractivity contribution is 6.15. The Hall–Kier alpha value is -6.24. The van der Waals surface area contributed by atoms with Gasteiger partial charge in [-0.25, -0.2) is 4.79 Å². The van der Waals surface area contributed by atoms with Crippen molar-refractivity contribution in [3.63, 3.8) is 0 Å². The Morgan fingerprint density at radius 3 is 1.81 bits per heavy atom. The van der Waals surface area contributed by atoms with Crippen molar-refractivity contribution in [3.8, 4) is 0 Å². The van der Waals surface area contributed by atoms with Crippen LogP contribution in [-0.2, 0) is 30.3 Å². The second kappa shape index (κ2) is 15.7. The van der Waals surface area contributed by atoms with Gasteiger partial charge >= 0.3 is 5.97 Å². The maximum absolute atomic E-state index is 13.5. The molecule has 1 saturated heterocycles. The first-order chi connectivity index (χ1) is 22.5. The molecule has 13 nitrogen and oxygen atoms in total. The first-order valence-electron chi connectivity index (χ1n) is 14.5. The van der Waals surface area contributed by atoms with Gasteiger partial charge in [-0.3, -0.25) is 34.6 Å². The lowest BCUT2D eigenvalue weighted by molar-refractivity contribution is -0.385. The van der Waals surface area contributed by atoms with Crippen LogP contribution in [0.4, 0.5) is 11.4 Å². The summed E-state index contributed by atoms with van der Waals surface area (Å²) in [4.78, 5) is 74.5. The van der Waals surface area contributed by atoms with Crippen LogP contribution in [-0.4, -0.2) is 64.1 Å². The van der Waals surface area contributed by atoms with Crippen LogP contribution in [0.15, 0.2) is 102 Å². The van der Waals surface area contributed by atoms with E-state index >= 15 is 0 Å². The fraction of sp³-hybridized carbons (Fsp3) is 0.176. The third kappa shape index (κ3) is 9.38. The number of esters is 1. The number of benzene rings is 3. The first-order valence-corrected chi connectivity index (χ1v) is 14.5. The number of nitrogens with one attached hydrogen (secondary N) is 1. The number of hydrogen-bond acceptors (Lipinski definition) is 9. The first kappa shape index (κ1) is 33.6. The van der Waals surface area contributed by atoms with E-state index in [-0.39, 0.29) is 54.4 Å². The van der Waals surface area contributed by atoms with E-state index in [1.54, 1.807) is 31.2 Å². The molecule has 1 heterocycles. The number of likely N-dealkylation sites (tertiary alicyclic amines) is 1. The summed E-state index contributed by atoms with van der Waals surface area (Å²) < 4.78 is 5.10. The van der Waals surface area contributed by atoms with Crippen molar-refractivity contribution in [1.82, 2.24) is 10.2 Å². The van der Waals surface area contributed by atoms with Gasteiger partial charge in [0.25, 0.3) is 11.4 Å². The molecule has 1 aliphatic rings. The number of ether oxygens (including phenoxy) is 1. The zero-order chi connectivity index (χ0) is 33.9. The Labute approximate surface area is 269 Å². The van der Waals surface area contributed by atoms with Crippen LogP contribution >= 0.6 is 0 Å². The van der Waals surface area contributed by atoms with Crippen molar-refractivity contribution < 1.29 is 33.8 Å². The van der Waals surface area contributed by atoms with Crippen LogP contribution in [0.25, 0.3) is 12.2 Å². The SMILES string of the molecule is CCOC(=O)[C@H](Cc1ccccc1)NC(=O)/C=C\C(=O)N1C/C(=C\c2ccc([N+](=O)[O-])cc2)C(=O)/C(=C/c2ccc([N+](=O)[O-])cc2)C1. The number of non-ortho nitro benzene ring substituents is 2. The summed E-state index contributed by atoms with van der Waals surface area (Å²) in [6.07, 6.45) is 5.23. The summed E-state index contributed by atoms with van der Waals surface area (Å²) in [5, 5.41) is 24.7. The van der Waals surface area contributed by atoms with E-state index in [9.17, 15) is 39.4 Å². The standard InChI is InChI=1S/C34H30N4O9/c1-2-47-34(42)30(20-23-6-4-3-5-7-23)35-31(39)16-17-32(40)36-21-26(18-24-8-12-28(13-9-24)37(43)44)33(41)27(22-36)19-25-10-14-29(15-11-25)38(45)46/h3-19,30H,2,20-22H2,1H3,(H,35,39)/b17-16-,26-18+,27-19+/t30-/m0/s1. The summed E-state index contributed by atoms with van der Waals surface area (Å²) in [6, 6.07) is 19.1. The van der Waals surface area contributed by atoms with Crippen molar-refractivity contribution in [1.29, 1.82) is 0 Å². The van der Waals surface area contributed by atoms with Gasteiger partial charge in [0.05, 0.1) is 29.5 Å². The molecule has 4 rings (SSSR count). The molecule has 0 bridgehead atoms. The van der Waals surface area contributed by atoms with Gasteiger partial charge in [0.15, 0.2) is 5.78 Å². The van der Waals surface area contributed by atoms with Crippen molar-refractivity contribution >= 4 is 47.1 Å². The monoisotopic (exact) mass is 638 g/mol. The molecule has 240 valence electrons. The lowest BCUT2D eigenvalue weighted by Gasteiger charge is -2.29. The molecule has 1 N–H and O–H groups in total. The van der Waals surface area contributed by atoms with Crippen molar-refractivity contribution in [2.75, 3.05) is 19.7 Å². The minimum absolute atomic E-state index is 0.119. The van der Waals surface area contributed by atoms with E-state index in [0.29, 0.717) is 11.1 Å². The maximum Gasteiger partial charge on any atom is 0.328 e. The van der Waals surface area contributed by atoms with Gasteiger partial charge in [-0.2, -0.15) is 0 Å². The van der Waals surface area contributed by atoms with Crippen molar-refractivity contribution in [2.24, 2.45) is 0 Å². The van der Waals surface area contributed by atoms with E-state index in [1.165, 1.54) is 65.6 Å². The Morgan fingerprint density at radius 1 is 0.830 bits per heavy atom. The molecule has 0 saturated carbocycles. The third-order valence-corrected chi connectivity index (χ3v) is 7.05. The van der Waals surface area contributed by atoms with Gasteiger partial charge in [0.1, 0.15) is 6.04 Å². The minimum atomic E-state index is -0.996. The molecule has 1 atom stereocenters. The zero-order valence-electron chi connectivity index (χ0n) is 25.2. The maximum atomic E-state index is 13.5. The lowest BCUT2D eigenvalue weighted by Crippen LogP contribution is -2.43. The third-order valence-electron chi connectivity index (χ3n) is 7.05. The van der Waals surface area contributed by atoms with Crippen LogP contribution in [0.5, 0.6) is 0 Å². The average Bonchev–Trinajstić information content (AvgIpc) is 3.06. The number of piperidine rings is 1. The molecule has 13 heteroatoms. The molecule has 0 aliphatic carbocycles. The molecule has 1 aliphatic heterocycles. The molecular formula is C34H30N4O9. The zero-order valence-corrected chi connectivity index (χ0v) is 25.2. The smallest absolute Gasteiger partial charge is 0.328 e. The summed E-state index contributed by atoms with van der Waals surface area (Å²) in [6.45, 7) is 1.51. The van der Waals surface area contributed by atoms with E-state index in [2.05, 4.69) is 5.32 Å². The predicted octanol–water partition coefficient (Wildman–Crippen LogP) is 4.23. The molecule has 0 spiro atoms. The summed E-state index contributed by atoms with van der Waals surface area (Å²) in [5.74, 6) is -2.32. The van der Waals surface area contributed by atoms with Gasteiger partial charge in [-0.1, -0.05) is 30.3 Å². The quantitative estimate of drug-likeness (QED) is 0.139. The molecule has 0 radical (unpaired) electrons. The van der Waals surface area contributed by atoms with Gasteiger partial charge in [-0.05, 0) is 60.0 Å². The summed E-state index contributed by atoms with van der Waals surface area (Å²) >= 11 is 0. The molecule has 47 heavy (non-hydrogen) atoms. The number of ketones is 1. The minimum Gasteiger partial charge on any atom is -0.464 e. The molecule has 1 fully saturated rings. The largest absolute Gasteiger partial charge is 0.464 e. The Bertz CT molecular complexity index is 1680. The number of rotatable bonds is 11. The number of carbonyl (C=O) groups is 4. The molecule has 3 aromatic carbocycles. The van der Waals surface area contributed by atoms with E-state index in [1.807, 2.05) is 6.07 Å². The number of nitrogens with zero attached hydrogens (tertiary/aromatic N) is 3. The van der Waals surface area contributed by atoms with Crippen LogP contribution in [0.1, 0.15) is 23.6 Å².